The first kappa shape index (κ1) is 22.3. The summed E-state index contributed by atoms with van der Waals surface area (Å²) < 4.78 is 9.08. The van der Waals surface area contributed by atoms with Gasteiger partial charge in [-0.1, -0.05) is 23.9 Å². The average molecular weight is 428 g/mol. The Morgan fingerprint density at radius 3 is 2.53 bits per heavy atom. The predicted molar refractivity (Wildman–Crippen MR) is 122 cm³/mol. The second-order valence-corrected chi connectivity index (χ2v) is 8.79. The Hall–Kier alpha value is -2.38. The lowest BCUT2D eigenvalue weighted by Crippen LogP contribution is -2.25. The topological polar surface area (TPSA) is 66.1 Å². The van der Waals surface area contributed by atoms with Gasteiger partial charge in [-0.2, -0.15) is 0 Å². The fourth-order valence-corrected chi connectivity index (χ4v) is 4.96. The number of carbonyl (C=O) groups is 1. The van der Waals surface area contributed by atoms with Gasteiger partial charge in [0, 0.05) is 30.1 Å². The van der Waals surface area contributed by atoms with Gasteiger partial charge in [0.15, 0.2) is 10.9 Å². The lowest BCUT2D eigenvalue weighted by molar-refractivity contribution is 0.102. The second-order valence-electron chi connectivity index (χ2n) is 7.85. The molecule has 0 unspecified atom stereocenters. The van der Waals surface area contributed by atoms with Crippen LogP contribution in [-0.4, -0.2) is 39.4 Å². The molecule has 0 saturated heterocycles. The number of hydrogen-bond acceptors (Lipinski definition) is 5. The number of carbonyl (C=O) groups excluding carboxylic acids is 1. The van der Waals surface area contributed by atoms with Gasteiger partial charge < -0.3 is 9.30 Å². The molecule has 0 bridgehead atoms. The molecule has 3 aromatic rings. The van der Waals surface area contributed by atoms with E-state index >= 15 is 0 Å². The number of nitrogens with zero attached hydrogens (tertiary/aromatic N) is 3. The van der Waals surface area contributed by atoms with E-state index in [9.17, 15) is 9.59 Å². The Balaban J connectivity index is 1.90. The van der Waals surface area contributed by atoms with Gasteiger partial charge in [0.05, 0.1) is 29.3 Å². The van der Waals surface area contributed by atoms with Crippen molar-refractivity contribution >= 4 is 28.4 Å². The van der Waals surface area contributed by atoms with Crippen LogP contribution in [-0.2, 0) is 4.74 Å². The van der Waals surface area contributed by atoms with Gasteiger partial charge in [0.2, 0.25) is 0 Å². The molecule has 0 aliphatic carbocycles. The molecule has 1 aromatic carbocycles. The van der Waals surface area contributed by atoms with Crippen LogP contribution in [0.3, 0.4) is 0 Å². The van der Waals surface area contributed by atoms with Crippen molar-refractivity contribution in [3.63, 3.8) is 0 Å². The van der Waals surface area contributed by atoms with E-state index in [0.717, 1.165) is 11.4 Å². The molecule has 160 valence electrons. The lowest BCUT2D eigenvalue weighted by Gasteiger charge is -2.18. The van der Waals surface area contributed by atoms with E-state index in [-0.39, 0.29) is 29.2 Å². The molecule has 1 atom stereocenters. The minimum Gasteiger partial charge on any atom is -0.383 e. The van der Waals surface area contributed by atoms with Crippen LogP contribution < -0.4 is 5.56 Å². The Morgan fingerprint density at radius 1 is 1.17 bits per heavy atom. The van der Waals surface area contributed by atoms with Gasteiger partial charge >= 0.3 is 0 Å². The summed E-state index contributed by atoms with van der Waals surface area (Å²) >= 11 is 1.32. The molecule has 0 spiro atoms. The number of methoxy groups -OCH3 is 1. The number of Topliss-reactive ketones (excluding diaryl/α,β-unsaturated/α-hetero) is 1. The molecule has 0 N–H and O–H groups in total. The van der Waals surface area contributed by atoms with Crippen molar-refractivity contribution in [2.24, 2.45) is 0 Å². The van der Waals surface area contributed by atoms with Crippen molar-refractivity contribution in [1.82, 2.24) is 14.1 Å². The zero-order valence-corrected chi connectivity index (χ0v) is 19.2. The largest absolute Gasteiger partial charge is 0.383 e. The quantitative estimate of drug-likeness (QED) is 0.299. The van der Waals surface area contributed by atoms with E-state index in [1.165, 1.54) is 11.8 Å². The summed E-state index contributed by atoms with van der Waals surface area (Å²) in [6, 6.07) is 9.37. The van der Waals surface area contributed by atoms with E-state index in [0.29, 0.717) is 28.2 Å². The highest BCUT2D eigenvalue weighted by Gasteiger charge is 2.20. The van der Waals surface area contributed by atoms with Crippen molar-refractivity contribution in [3.05, 3.63) is 57.6 Å². The number of benzene rings is 1. The number of ketones is 1. The fraction of sp³-hybridized carbons (Fsp3) is 0.435. The van der Waals surface area contributed by atoms with Crippen molar-refractivity contribution < 1.29 is 9.53 Å². The maximum absolute atomic E-state index is 13.0. The van der Waals surface area contributed by atoms with E-state index < -0.39 is 0 Å². The van der Waals surface area contributed by atoms with Gasteiger partial charge in [-0.15, -0.1) is 0 Å². The number of ether oxygens (including phenoxy) is 1. The Kier molecular flexibility index (Phi) is 6.83. The molecule has 0 saturated carbocycles. The molecule has 2 aromatic heterocycles. The smallest absolute Gasteiger partial charge is 0.262 e. The van der Waals surface area contributed by atoms with Gasteiger partial charge in [-0.05, 0) is 52.8 Å². The molecule has 0 radical (unpaired) electrons. The zero-order chi connectivity index (χ0) is 22.0. The molecule has 0 amide bonds. The van der Waals surface area contributed by atoms with Crippen LogP contribution >= 0.6 is 11.8 Å². The van der Waals surface area contributed by atoms with Crippen LogP contribution in [0.15, 0.2) is 40.3 Å². The summed E-state index contributed by atoms with van der Waals surface area (Å²) in [6.07, 6.45) is 0. The number of para-hydroxylation sites is 1. The molecule has 0 aliphatic heterocycles. The van der Waals surface area contributed by atoms with Crippen molar-refractivity contribution in [1.29, 1.82) is 0 Å². The molecule has 2 heterocycles. The predicted octanol–water partition coefficient (Wildman–Crippen LogP) is 4.58. The first-order chi connectivity index (χ1) is 14.3. The van der Waals surface area contributed by atoms with E-state index in [4.69, 9.17) is 4.74 Å². The highest BCUT2D eigenvalue weighted by atomic mass is 32.2. The number of aryl methyl sites for hydroxylation is 1. The Morgan fingerprint density at radius 2 is 1.87 bits per heavy atom. The average Bonchev–Trinajstić information content (AvgIpc) is 3.00. The number of aromatic nitrogens is 3. The van der Waals surface area contributed by atoms with E-state index in [2.05, 4.69) is 16.5 Å². The summed E-state index contributed by atoms with van der Waals surface area (Å²) in [6.45, 7) is 10.5. The molecular weight excluding hydrogens is 398 g/mol. The lowest BCUT2D eigenvalue weighted by atomic mass is 10.2. The van der Waals surface area contributed by atoms with E-state index in [1.54, 1.807) is 17.7 Å². The third-order valence-electron chi connectivity index (χ3n) is 5.26. The molecular formula is C23H29N3O3S. The maximum atomic E-state index is 13.0. The standard InChI is InChI=1S/C23H29N3O3S/c1-14(2)25-22(28)18-9-7-8-10-20(18)24-23(25)30-13-21(27)19-11-15(3)26(17(19)5)16(4)12-29-6/h7-11,14,16H,12-13H2,1-6H3/t16-/m1/s1. The van der Waals surface area contributed by atoms with Crippen LogP contribution in [0.25, 0.3) is 10.9 Å². The second kappa shape index (κ2) is 9.18. The highest BCUT2D eigenvalue weighted by Crippen LogP contribution is 2.25. The van der Waals surface area contributed by atoms with Gasteiger partial charge in [-0.3, -0.25) is 14.2 Å². The minimum absolute atomic E-state index is 0.0293. The normalized spacial score (nSPS) is 12.6. The minimum atomic E-state index is -0.0721. The highest BCUT2D eigenvalue weighted by molar-refractivity contribution is 7.99. The van der Waals surface area contributed by atoms with E-state index in [1.807, 2.05) is 52.0 Å². The number of hydrogen-bond donors (Lipinski definition) is 0. The maximum Gasteiger partial charge on any atom is 0.262 e. The van der Waals surface area contributed by atoms with Gasteiger partial charge in [0.25, 0.3) is 5.56 Å². The molecule has 3 rings (SSSR count). The Labute approximate surface area is 181 Å². The van der Waals surface area contributed by atoms with Crippen molar-refractivity contribution in [2.75, 3.05) is 19.5 Å². The van der Waals surface area contributed by atoms with Gasteiger partial charge in [0.1, 0.15) is 0 Å². The zero-order valence-electron chi connectivity index (χ0n) is 18.4. The van der Waals surface area contributed by atoms with Gasteiger partial charge in [-0.25, -0.2) is 4.98 Å². The number of rotatable bonds is 8. The van der Waals surface area contributed by atoms with Crippen molar-refractivity contribution in [3.8, 4) is 0 Å². The third-order valence-corrected chi connectivity index (χ3v) is 6.21. The molecule has 7 heteroatoms. The summed E-state index contributed by atoms with van der Waals surface area (Å²) in [5.41, 5.74) is 3.27. The first-order valence-corrected chi connectivity index (χ1v) is 11.1. The monoisotopic (exact) mass is 427 g/mol. The molecule has 6 nitrogen and oxygen atoms in total. The van der Waals surface area contributed by atoms with Crippen LogP contribution in [0.5, 0.6) is 0 Å². The molecule has 0 fully saturated rings. The van der Waals surface area contributed by atoms with Crippen LogP contribution in [0, 0.1) is 13.8 Å². The molecule has 30 heavy (non-hydrogen) atoms. The summed E-state index contributed by atoms with van der Waals surface area (Å²) in [5, 5.41) is 1.17. The first-order valence-electron chi connectivity index (χ1n) is 10.1. The van der Waals surface area contributed by atoms with Crippen molar-refractivity contribution in [2.45, 2.75) is 51.9 Å². The number of thioether (sulfide) groups is 1. The van der Waals surface area contributed by atoms with Crippen LogP contribution in [0.2, 0.25) is 0 Å². The molecule has 0 aliphatic rings. The summed E-state index contributed by atoms with van der Waals surface area (Å²) in [4.78, 5) is 30.7. The Bertz CT molecular complexity index is 1130. The summed E-state index contributed by atoms with van der Waals surface area (Å²) in [7, 11) is 1.68. The third kappa shape index (κ3) is 4.23. The van der Waals surface area contributed by atoms with Crippen LogP contribution in [0.1, 0.15) is 54.6 Å². The SMILES string of the molecule is COC[C@@H](C)n1c(C)cc(C(=O)CSc2nc3ccccc3c(=O)n2C(C)C)c1C. The van der Waals surface area contributed by atoms with Crippen LogP contribution in [0.4, 0.5) is 0 Å². The number of fused-ring (bicyclic) bond motifs is 1. The fourth-order valence-electron chi connectivity index (χ4n) is 3.94. The summed E-state index contributed by atoms with van der Waals surface area (Å²) in [5.74, 6) is 0.252.